The molecule has 156 valence electrons. The molecule has 1 aromatic heterocycles. The molecule has 0 saturated carbocycles. The van der Waals surface area contributed by atoms with Crippen molar-refractivity contribution in [2.75, 3.05) is 42.8 Å². The quantitative estimate of drug-likeness (QED) is 0.628. The van der Waals surface area contributed by atoms with Gasteiger partial charge in [0.15, 0.2) is 5.13 Å². The Morgan fingerprint density at radius 3 is 2.60 bits per heavy atom. The molecule has 4 rings (SSSR count). The summed E-state index contributed by atoms with van der Waals surface area (Å²) in [7, 11) is 3.18. The van der Waals surface area contributed by atoms with Gasteiger partial charge in [0.05, 0.1) is 36.0 Å². The Hall–Kier alpha value is -3.33. The van der Waals surface area contributed by atoms with Crippen molar-refractivity contribution in [2.24, 2.45) is 5.92 Å². The van der Waals surface area contributed by atoms with Gasteiger partial charge in [-0.1, -0.05) is 11.3 Å². The summed E-state index contributed by atoms with van der Waals surface area (Å²) in [6, 6.07) is 10.9. The van der Waals surface area contributed by atoms with Gasteiger partial charge in [0.25, 0.3) is 0 Å². The summed E-state index contributed by atoms with van der Waals surface area (Å²) < 4.78 is 11.6. The second kappa shape index (κ2) is 8.19. The molecule has 2 N–H and O–H groups in total. The molecule has 0 spiro atoms. The molecule has 2 aromatic carbocycles. The molecule has 1 aliphatic heterocycles. The van der Waals surface area contributed by atoms with Crippen molar-refractivity contribution >= 4 is 49.9 Å². The molecule has 1 fully saturated rings. The lowest BCUT2D eigenvalue weighted by Gasteiger charge is -2.38. The van der Waals surface area contributed by atoms with Crippen molar-refractivity contribution in [3.8, 4) is 11.5 Å². The van der Waals surface area contributed by atoms with E-state index >= 15 is 0 Å². The monoisotopic (exact) mass is 426 g/mol. The second-order valence-corrected chi connectivity index (χ2v) is 8.03. The number of nitrogens with zero attached hydrogens (tertiary/aromatic N) is 2. The third kappa shape index (κ3) is 4.02. The highest BCUT2D eigenvalue weighted by atomic mass is 32.1. The van der Waals surface area contributed by atoms with E-state index < -0.39 is 0 Å². The van der Waals surface area contributed by atoms with Crippen LogP contribution in [0.4, 0.5) is 16.5 Å². The zero-order chi connectivity index (χ0) is 21.3. The first kappa shape index (κ1) is 20.0. The van der Waals surface area contributed by atoms with Gasteiger partial charge in [0, 0.05) is 25.7 Å². The van der Waals surface area contributed by atoms with Crippen LogP contribution in [0.1, 0.15) is 6.92 Å². The normalized spacial score (nSPS) is 13.6. The number of ether oxygens (including phenoxy) is 2. The number of carbonyl (C=O) groups is 2. The van der Waals surface area contributed by atoms with Crippen LogP contribution in [0.15, 0.2) is 36.4 Å². The van der Waals surface area contributed by atoms with E-state index in [0.717, 1.165) is 21.1 Å². The number of amides is 2. The van der Waals surface area contributed by atoms with Gasteiger partial charge in [0.1, 0.15) is 11.5 Å². The summed E-state index contributed by atoms with van der Waals surface area (Å²) >= 11 is 1.59. The number of thiazole rings is 1. The third-order valence-corrected chi connectivity index (χ3v) is 5.96. The molecule has 0 aliphatic carbocycles. The molecule has 0 radical (unpaired) electrons. The number of anilines is 3. The minimum absolute atomic E-state index is 0.0905. The first-order valence-electron chi connectivity index (χ1n) is 9.43. The van der Waals surface area contributed by atoms with Crippen LogP contribution in [0.2, 0.25) is 0 Å². The van der Waals surface area contributed by atoms with E-state index in [9.17, 15) is 9.59 Å². The van der Waals surface area contributed by atoms with Crippen molar-refractivity contribution in [1.82, 2.24) is 4.98 Å². The van der Waals surface area contributed by atoms with Crippen molar-refractivity contribution in [1.29, 1.82) is 0 Å². The zero-order valence-corrected chi connectivity index (χ0v) is 17.7. The SMILES string of the molecule is COc1ccc2nc(N3CC(C(=O)Nc4cc(NC(C)=O)ccc4OC)C3)sc2c1. The Balaban J connectivity index is 1.41. The highest BCUT2D eigenvalue weighted by Gasteiger charge is 2.34. The van der Waals surface area contributed by atoms with Gasteiger partial charge in [-0.25, -0.2) is 4.98 Å². The third-order valence-electron chi connectivity index (χ3n) is 4.88. The highest BCUT2D eigenvalue weighted by molar-refractivity contribution is 7.22. The minimum atomic E-state index is -0.180. The standard InChI is InChI=1S/C21H22N4O4S/c1-12(26)22-14-4-7-18(29-3)17(8-14)23-20(27)13-10-25(11-13)21-24-16-6-5-15(28-2)9-19(16)30-21/h4-9,13H,10-11H2,1-3H3,(H,22,26)(H,23,27). The molecular weight excluding hydrogens is 404 g/mol. The van der Waals surface area contributed by atoms with Gasteiger partial charge in [-0.2, -0.15) is 0 Å². The van der Waals surface area contributed by atoms with Crippen LogP contribution in [0.25, 0.3) is 10.2 Å². The molecule has 1 aliphatic rings. The summed E-state index contributed by atoms with van der Waals surface area (Å²) in [6.07, 6.45) is 0. The summed E-state index contributed by atoms with van der Waals surface area (Å²) in [4.78, 5) is 30.7. The maximum atomic E-state index is 12.7. The first-order chi connectivity index (χ1) is 14.5. The largest absolute Gasteiger partial charge is 0.497 e. The fourth-order valence-electron chi connectivity index (χ4n) is 3.28. The fraction of sp³-hybridized carbons (Fsp3) is 0.286. The average Bonchev–Trinajstić information content (AvgIpc) is 3.09. The molecule has 0 bridgehead atoms. The molecule has 2 amide bonds. The lowest BCUT2D eigenvalue weighted by atomic mass is 10.00. The fourth-order valence-corrected chi connectivity index (χ4v) is 4.29. The number of hydrogen-bond donors (Lipinski definition) is 2. The molecule has 9 heteroatoms. The number of carbonyl (C=O) groups excluding carboxylic acids is 2. The van der Waals surface area contributed by atoms with Gasteiger partial charge >= 0.3 is 0 Å². The Morgan fingerprint density at radius 1 is 1.10 bits per heavy atom. The van der Waals surface area contributed by atoms with Gasteiger partial charge in [-0.3, -0.25) is 9.59 Å². The summed E-state index contributed by atoms with van der Waals surface area (Å²) in [5.74, 6) is 0.913. The second-order valence-electron chi connectivity index (χ2n) is 7.02. The number of fused-ring (bicyclic) bond motifs is 1. The highest BCUT2D eigenvalue weighted by Crippen LogP contribution is 2.35. The van der Waals surface area contributed by atoms with E-state index in [1.165, 1.54) is 14.0 Å². The lowest BCUT2D eigenvalue weighted by molar-refractivity contribution is -0.120. The molecule has 30 heavy (non-hydrogen) atoms. The van der Waals surface area contributed by atoms with Crippen molar-refractivity contribution < 1.29 is 19.1 Å². The molecule has 0 atom stereocenters. The Labute approximate surface area is 177 Å². The van der Waals surface area contributed by atoms with E-state index in [2.05, 4.69) is 20.5 Å². The van der Waals surface area contributed by atoms with E-state index in [4.69, 9.17) is 9.47 Å². The maximum absolute atomic E-state index is 12.7. The van der Waals surface area contributed by atoms with Crippen LogP contribution in [0, 0.1) is 5.92 Å². The predicted octanol–water partition coefficient (Wildman–Crippen LogP) is 3.35. The number of aromatic nitrogens is 1. The molecular formula is C21H22N4O4S. The summed E-state index contributed by atoms with van der Waals surface area (Å²) in [6.45, 7) is 2.62. The lowest BCUT2D eigenvalue weighted by Crippen LogP contribution is -2.52. The van der Waals surface area contributed by atoms with E-state index in [-0.39, 0.29) is 17.7 Å². The molecule has 0 unspecified atom stereocenters. The van der Waals surface area contributed by atoms with Crippen molar-refractivity contribution in [3.05, 3.63) is 36.4 Å². The zero-order valence-electron chi connectivity index (χ0n) is 16.9. The first-order valence-corrected chi connectivity index (χ1v) is 10.2. The topological polar surface area (TPSA) is 92.8 Å². The minimum Gasteiger partial charge on any atom is -0.497 e. The van der Waals surface area contributed by atoms with Crippen LogP contribution in [-0.4, -0.2) is 44.1 Å². The van der Waals surface area contributed by atoms with Crippen LogP contribution in [0.3, 0.4) is 0 Å². The van der Waals surface area contributed by atoms with E-state index in [0.29, 0.717) is 30.2 Å². The molecule has 8 nitrogen and oxygen atoms in total. The van der Waals surface area contributed by atoms with Gasteiger partial charge in [-0.05, 0) is 36.4 Å². The van der Waals surface area contributed by atoms with Gasteiger partial charge < -0.3 is 25.0 Å². The summed E-state index contributed by atoms with van der Waals surface area (Å²) in [5, 5.41) is 6.52. The number of methoxy groups -OCH3 is 2. The Bertz CT molecular complexity index is 1110. The predicted molar refractivity (Wildman–Crippen MR) is 118 cm³/mol. The van der Waals surface area contributed by atoms with Crippen molar-refractivity contribution in [2.45, 2.75) is 6.92 Å². The van der Waals surface area contributed by atoms with E-state index in [1.54, 1.807) is 36.6 Å². The number of nitrogens with one attached hydrogen (secondary N) is 2. The smallest absolute Gasteiger partial charge is 0.231 e. The maximum Gasteiger partial charge on any atom is 0.231 e. The number of benzene rings is 2. The number of rotatable bonds is 6. The Morgan fingerprint density at radius 2 is 1.90 bits per heavy atom. The van der Waals surface area contributed by atoms with Crippen LogP contribution in [-0.2, 0) is 9.59 Å². The van der Waals surface area contributed by atoms with Crippen LogP contribution < -0.4 is 25.0 Å². The molecule has 3 aromatic rings. The Kier molecular flexibility index (Phi) is 5.45. The van der Waals surface area contributed by atoms with Crippen molar-refractivity contribution in [3.63, 3.8) is 0 Å². The van der Waals surface area contributed by atoms with Gasteiger partial charge in [-0.15, -0.1) is 0 Å². The number of hydrogen-bond acceptors (Lipinski definition) is 7. The average molecular weight is 426 g/mol. The molecule has 1 saturated heterocycles. The van der Waals surface area contributed by atoms with Crippen LogP contribution >= 0.6 is 11.3 Å². The molecule has 2 heterocycles. The van der Waals surface area contributed by atoms with Crippen LogP contribution in [0.5, 0.6) is 11.5 Å². The van der Waals surface area contributed by atoms with E-state index in [1.807, 2.05) is 18.2 Å². The summed E-state index contributed by atoms with van der Waals surface area (Å²) in [5.41, 5.74) is 2.04. The van der Waals surface area contributed by atoms with Gasteiger partial charge in [0.2, 0.25) is 11.8 Å².